The first-order valence-electron chi connectivity index (χ1n) is 9.74. The van der Waals surface area contributed by atoms with E-state index in [-0.39, 0.29) is 23.1 Å². The average molecular weight is 431 g/mol. The van der Waals surface area contributed by atoms with E-state index in [1.54, 1.807) is 11.8 Å². The van der Waals surface area contributed by atoms with Gasteiger partial charge in [-0.1, -0.05) is 44.2 Å². The SMILES string of the molecule is CC(C)c1ccccc1N1C(=O)CS[C@@H]1c1ccc(NC(=O)C(C)(C)CCl)cc1. The van der Waals surface area contributed by atoms with Crippen molar-refractivity contribution in [3.05, 3.63) is 59.7 Å². The van der Waals surface area contributed by atoms with Crippen LogP contribution in [-0.4, -0.2) is 23.4 Å². The van der Waals surface area contributed by atoms with Crippen molar-refractivity contribution in [1.29, 1.82) is 0 Å². The molecule has 1 N–H and O–H groups in total. The van der Waals surface area contributed by atoms with Gasteiger partial charge < -0.3 is 5.32 Å². The molecule has 3 rings (SSSR count). The highest BCUT2D eigenvalue weighted by molar-refractivity contribution is 8.00. The number of thioether (sulfide) groups is 1. The number of nitrogens with zero attached hydrogens (tertiary/aromatic N) is 1. The zero-order valence-electron chi connectivity index (χ0n) is 17.2. The van der Waals surface area contributed by atoms with E-state index >= 15 is 0 Å². The van der Waals surface area contributed by atoms with Crippen molar-refractivity contribution in [2.24, 2.45) is 5.41 Å². The maximum atomic E-state index is 12.7. The Bertz CT molecular complexity index is 896. The standard InChI is InChI=1S/C23H27ClN2O2S/c1-15(2)18-7-5-6-8-19(18)26-20(27)13-29-21(26)16-9-11-17(12-10-16)25-22(28)23(3,4)14-24/h5-12,15,21H,13-14H2,1-4H3,(H,25,28)/t21-/m1/s1. The molecular weight excluding hydrogens is 404 g/mol. The van der Waals surface area contributed by atoms with Crippen molar-refractivity contribution < 1.29 is 9.59 Å². The van der Waals surface area contributed by atoms with Crippen LogP contribution in [0.2, 0.25) is 0 Å². The Morgan fingerprint density at radius 1 is 1.21 bits per heavy atom. The van der Waals surface area contributed by atoms with Crippen molar-refractivity contribution in [2.75, 3.05) is 21.8 Å². The Labute approximate surface area is 182 Å². The Kier molecular flexibility index (Phi) is 6.59. The molecule has 0 bridgehead atoms. The number of nitrogens with one attached hydrogen (secondary N) is 1. The monoisotopic (exact) mass is 430 g/mol. The summed E-state index contributed by atoms with van der Waals surface area (Å²) in [7, 11) is 0. The Morgan fingerprint density at radius 3 is 2.48 bits per heavy atom. The first-order chi connectivity index (χ1) is 13.7. The van der Waals surface area contributed by atoms with Gasteiger partial charge in [0.15, 0.2) is 0 Å². The fraction of sp³-hybridized carbons (Fsp3) is 0.391. The predicted octanol–water partition coefficient (Wildman–Crippen LogP) is 5.79. The van der Waals surface area contributed by atoms with Gasteiger partial charge in [-0.05, 0) is 49.1 Å². The van der Waals surface area contributed by atoms with Crippen LogP contribution in [-0.2, 0) is 9.59 Å². The van der Waals surface area contributed by atoms with Gasteiger partial charge in [0.1, 0.15) is 5.37 Å². The number of alkyl halides is 1. The van der Waals surface area contributed by atoms with E-state index in [2.05, 4.69) is 25.2 Å². The number of hydrogen-bond acceptors (Lipinski definition) is 3. The van der Waals surface area contributed by atoms with Crippen LogP contribution in [0.4, 0.5) is 11.4 Å². The summed E-state index contributed by atoms with van der Waals surface area (Å²) in [6.45, 7) is 7.91. The lowest BCUT2D eigenvalue weighted by Gasteiger charge is -2.28. The molecule has 1 heterocycles. The smallest absolute Gasteiger partial charge is 0.238 e. The molecule has 0 aliphatic carbocycles. The van der Waals surface area contributed by atoms with Crippen molar-refractivity contribution >= 4 is 46.6 Å². The van der Waals surface area contributed by atoms with E-state index in [4.69, 9.17) is 11.6 Å². The van der Waals surface area contributed by atoms with Crippen LogP contribution in [0, 0.1) is 5.41 Å². The number of halogens is 1. The molecule has 2 aromatic carbocycles. The Hall–Kier alpha value is -1.98. The predicted molar refractivity (Wildman–Crippen MR) is 123 cm³/mol. The van der Waals surface area contributed by atoms with Gasteiger partial charge in [0.05, 0.1) is 11.2 Å². The molecule has 6 heteroatoms. The van der Waals surface area contributed by atoms with Crippen LogP contribution >= 0.6 is 23.4 Å². The van der Waals surface area contributed by atoms with E-state index in [1.165, 1.54) is 5.56 Å². The lowest BCUT2D eigenvalue weighted by atomic mass is 9.95. The van der Waals surface area contributed by atoms with Crippen molar-refractivity contribution in [3.8, 4) is 0 Å². The van der Waals surface area contributed by atoms with Gasteiger partial charge in [-0.2, -0.15) is 0 Å². The zero-order valence-corrected chi connectivity index (χ0v) is 18.8. The first-order valence-corrected chi connectivity index (χ1v) is 11.3. The molecule has 0 radical (unpaired) electrons. The molecule has 1 saturated heterocycles. The first kappa shape index (κ1) is 21.7. The summed E-state index contributed by atoms with van der Waals surface area (Å²) in [5.74, 6) is 1.04. The highest BCUT2D eigenvalue weighted by Gasteiger charge is 2.35. The number of amides is 2. The molecule has 0 saturated carbocycles. The van der Waals surface area contributed by atoms with Gasteiger partial charge in [0.2, 0.25) is 11.8 Å². The average Bonchev–Trinajstić information content (AvgIpc) is 3.09. The summed E-state index contributed by atoms with van der Waals surface area (Å²) in [5, 5.41) is 2.84. The summed E-state index contributed by atoms with van der Waals surface area (Å²) >= 11 is 7.51. The third-order valence-corrected chi connectivity index (χ3v) is 6.97. The zero-order chi connectivity index (χ0) is 21.2. The highest BCUT2D eigenvalue weighted by Crippen LogP contribution is 2.44. The number of benzene rings is 2. The van der Waals surface area contributed by atoms with Crippen LogP contribution in [0.3, 0.4) is 0 Å². The van der Waals surface area contributed by atoms with Crippen molar-refractivity contribution in [1.82, 2.24) is 0 Å². The van der Waals surface area contributed by atoms with Crippen LogP contribution in [0.15, 0.2) is 48.5 Å². The lowest BCUT2D eigenvalue weighted by Crippen LogP contribution is -2.32. The summed E-state index contributed by atoms with van der Waals surface area (Å²) in [4.78, 5) is 27.0. The number of rotatable bonds is 6. The van der Waals surface area contributed by atoms with E-state index in [1.807, 2.05) is 61.2 Å². The van der Waals surface area contributed by atoms with Gasteiger partial charge in [-0.25, -0.2) is 0 Å². The van der Waals surface area contributed by atoms with E-state index < -0.39 is 5.41 Å². The van der Waals surface area contributed by atoms with Gasteiger partial charge in [0, 0.05) is 17.3 Å². The van der Waals surface area contributed by atoms with Gasteiger partial charge >= 0.3 is 0 Å². The Morgan fingerprint density at radius 2 is 1.86 bits per heavy atom. The molecule has 4 nitrogen and oxygen atoms in total. The van der Waals surface area contributed by atoms with Gasteiger partial charge in [-0.15, -0.1) is 23.4 Å². The topological polar surface area (TPSA) is 49.4 Å². The minimum absolute atomic E-state index is 0.0774. The van der Waals surface area contributed by atoms with E-state index in [0.717, 1.165) is 16.9 Å². The maximum absolute atomic E-state index is 12.7. The van der Waals surface area contributed by atoms with Crippen LogP contribution < -0.4 is 10.2 Å². The van der Waals surface area contributed by atoms with Crippen LogP contribution in [0.1, 0.15) is 50.1 Å². The maximum Gasteiger partial charge on any atom is 0.238 e. The third kappa shape index (κ3) is 4.62. The molecule has 154 valence electrons. The van der Waals surface area contributed by atoms with Gasteiger partial charge in [-0.3, -0.25) is 14.5 Å². The molecule has 0 aromatic heterocycles. The molecule has 1 atom stereocenters. The molecule has 2 aromatic rings. The van der Waals surface area contributed by atoms with Crippen LogP contribution in [0.5, 0.6) is 0 Å². The fourth-order valence-corrected chi connectivity index (χ4v) is 4.51. The van der Waals surface area contributed by atoms with E-state index in [9.17, 15) is 9.59 Å². The summed E-state index contributed by atoms with van der Waals surface area (Å²) < 4.78 is 0. The summed E-state index contributed by atoms with van der Waals surface area (Å²) in [6.07, 6.45) is 0. The number of carbonyl (C=O) groups excluding carboxylic acids is 2. The number of anilines is 2. The molecular formula is C23H27ClN2O2S. The molecule has 0 spiro atoms. The summed E-state index contributed by atoms with van der Waals surface area (Å²) in [5.41, 5.74) is 3.27. The molecule has 29 heavy (non-hydrogen) atoms. The highest BCUT2D eigenvalue weighted by atomic mass is 35.5. The normalized spacial score (nSPS) is 17.1. The van der Waals surface area contributed by atoms with Crippen molar-refractivity contribution in [2.45, 2.75) is 39.0 Å². The van der Waals surface area contributed by atoms with Crippen molar-refractivity contribution in [3.63, 3.8) is 0 Å². The summed E-state index contributed by atoms with van der Waals surface area (Å²) in [6, 6.07) is 15.8. The number of carbonyl (C=O) groups is 2. The third-order valence-electron chi connectivity index (χ3n) is 5.09. The number of para-hydroxylation sites is 1. The van der Waals surface area contributed by atoms with Crippen LogP contribution in [0.25, 0.3) is 0 Å². The largest absolute Gasteiger partial charge is 0.326 e. The lowest BCUT2D eigenvalue weighted by molar-refractivity contribution is -0.123. The Balaban J connectivity index is 1.85. The molecule has 0 unspecified atom stereocenters. The minimum Gasteiger partial charge on any atom is -0.326 e. The molecule has 1 aliphatic heterocycles. The second kappa shape index (κ2) is 8.80. The second-order valence-corrected chi connectivity index (χ2v) is 9.57. The molecule has 1 aliphatic rings. The molecule has 1 fully saturated rings. The number of hydrogen-bond donors (Lipinski definition) is 1. The van der Waals surface area contributed by atoms with Gasteiger partial charge in [0.25, 0.3) is 0 Å². The fourth-order valence-electron chi connectivity index (χ4n) is 3.22. The van der Waals surface area contributed by atoms with E-state index in [0.29, 0.717) is 11.7 Å². The second-order valence-electron chi connectivity index (χ2n) is 8.23. The molecule has 2 amide bonds. The quantitative estimate of drug-likeness (QED) is 0.590. The minimum atomic E-state index is -0.634.